The molecule has 3 aromatic rings. The van der Waals surface area contributed by atoms with E-state index in [-0.39, 0.29) is 23.7 Å². The standard InChI is InChI=1S/C21H16FNO6/c1-27-21(26)13-6-8-15(9-7-13)23-20(25)18-10-17(24)19(12-29-18)28-11-14-4-2-3-5-16(14)22/h2-10,12H,11H2,1H3,(H,23,25). The first kappa shape index (κ1) is 19.8. The molecule has 0 spiro atoms. The largest absolute Gasteiger partial charge is 0.482 e. The zero-order valence-electron chi connectivity index (χ0n) is 15.3. The van der Waals surface area contributed by atoms with E-state index in [0.29, 0.717) is 11.3 Å². The van der Waals surface area contributed by atoms with Crippen molar-refractivity contribution in [2.75, 3.05) is 12.4 Å². The van der Waals surface area contributed by atoms with Gasteiger partial charge in [-0.2, -0.15) is 0 Å². The van der Waals surface area contributed by atoms with E-state index in [1.165, 1.54) is 43.5 Å². The quantitative estimate of drug-likeness (QED) is 0.641. The van der Waals surface area contributed by atoms with Gasteiger partial charge in [0, 0.05) is 17.3 Å². The molecule has 3 rings (SSSR count). The lowest BCUT2D eigenvalue weighted by Crippen LogP contribution is -2.16. The van der Waals surface area contributed by atoms with Crippen LogP contribution < -0.4 is 15.5 Å². The monoisotopic (exact) mass is 397 g/mol. The van der Waals surface area contributed by atoms with Crippen LogP contribution in [0.25, 0.3) is 0 Å². The summed E-state index contributed by atoms with van der Waals surface area (Å²) in [4.78, 5) is 35.8. The number of anilines is 1. The fourth-order valence-electron chi connectivity index (χ4n) is 2.39. The molecule has 0 bridgehead atoms. The number of ether oxygens (including phenoxy) is 2. The maximum Gasteiger partial charge on any atom is 0.337 e. The van der Waals surface area contributed by atoms with E-state index in [4.69, 9.17) is 9.15 Å². The molecule has 0 aliphatic rings. The number of benzene rings is 2. The summed E-state index contributed by atoms with van der Waals surface area (Å²) in [6, 6.07) is 13.0. The van der Waals surface area contributed by atoms with Crippen molar-refractivity contribution in [3.63, 3.8) is 0 Å². The Morgan fingerprint density at radius 2 is 1.83 bits per heavy atom. The molecule has 1 heterocycles. The number of halogens is 1. The Hall–Kier alpha value is -3.94. The molecule has 8 heteroatoms. The van der Waals surface area contributed by atoms with Crippen molar-refractivity contribution < 1.29 is 27.9 Å². The van der Waals surface area contributed by atoms with Crippen LogP contribution in [0.5, 0.6) is 5.75 Å². The first-order valence-electron chi connectivity index (χ1n) is 8.46. The van der Waals surface area contributed by atoms with E-state index in [1.807, 2.05) is 0 Å². The van der Waals surface area contributed by atoms with Crippen LogP contribution in [-0.2, 0) is 11.3 Å². The van der Waals surface area contributed by atoms with Crippen LogP contribution in [0.15, 0.2) is 70.1 Å². The molecule has 148 valence electrons. The molecule has 1 aromatic heterocycles. The number of carbonyl (C=O) groups excluding carboxylic acids is 2. The SMILES string of the molecule is COC(=O)c1ccc(NC(=O)c2cc(=O)c(OCc3ccccc3F)co2)cc1. The Balaban J connectivity index is 1.66. The highest BCUT2D eigenvalue weighted by Crippen LogP contribution is 2.14. The first-order valence-corrected chi connectivity index (χ1v) is 8.46. The van der Waals surface area contributed by atoms with Gasteiger partial charge in [0.25, 0.3) is 5.91 Å². The third-order valence-corrected chi connectivity index (χ3v) is 3.93. The van der Waals surface area contributed by atoms with E-state index in [1.54, 1.807) is 12.1 Å². The molecule has 0 unspecified atom stereocenters. The highest BCUT2D eigenvalue weighted by Gasteiger charge is 2.14. The predicted molar refractivity (Wildman–Crippen MR) is 101 cm³/mol. The minimum absolute atomic E-state index is 0.146. The van der Waals surface area contributed by atoms with Gasteiger partial charge in [0.05, 0.1) is 12.7 Å². The second-order valence-electron chi connectivity index (χ2n) is 5.88. The summed E-state index contributed by atoms with van der Waals surface area (Å²) in [5.41, 5.74) is 0.418. The molecule has 7 nitrogen and oxygen atoms in total. The Morgan fingerprint density at radius 3 is 2.48 bits per heavy atom. The van der Waals surface area contributed by atoms with Crippen LogP contribution in [0, 0.1) is 5.82 Å². The van der Waals surface area contributed by atoms with Crippen molar-refractivity contribution in [1.29, 1.82) is 0 Å². The van der Waals surface area contributed by atoms with Crippen molar-refractivity contribution >= 4 is 17.6 Å². The summed E-state index contributed by atoms with van der Waals surface area (Å²) in [5.74, 6) is -1.99. The normalized spacial score (nSPS) is 10.3. The van der Waals surface area contributed by atoms with E-state index in [2.05, 4.69) is 10.1 Å². The molecule has 0 atom stereocenters. The highest BCUT2D eigenvalue weighted by atomic mass is 19.1. The first-order chi connectivity index (χ1) is 14.0. The van der Waals surface area contributed by atoms with Crippen molar-refractivity contribution in [2.24, 2.45) is 0 Å². The summed E-state index contributed by atoms with van der Waals surface area (Å²) in [6.45, 7) is -0.157. The zero-order chi connectivity index (χ0) is 20.8. The average Bonchev–Trinajstić information content (AvgIpc) is 2.73. The molecule has 0 aliphatic heterocycles. The smallest absolute Gasteiger partial charge is 0.337 e. The molecule has 2 aromatic carbocycles. The Bertz CT molecular complexity index is 1090. The third kappa shape index (κ3) is 4.86. The fraction of sp³-hybridized carbons (Fsp3) is 0.0952. The molecule has 0 fully saturated rings. The van der Waals surface area contributed by atoms with Gasteiger partial charge in [0.15, 0.2) is 5.76 Å². The number of rotatable bonds is 6. The number of hydrogen-bond donors (Lipinski definition) is 1. The Morgan fingerprint density at radius 1 is 1.10 bits per heavy atom. The Kier molecular flexibility index (Phi) is 6.03. The van der Waals surface area contributed by atoms with Crippen molar-refractivity contribution in [3.8, 4) is 5.75 Å². The molecule has 0 saturated heterocycles. The van der Waals surface area contributed by atoms with Crippen LogP contribution >= 0.6 is 0 Å². The van der Waals surface area contributed by atoms with Crippen molar-refractivity contribution in [1.82, 2.24) is 0 Å². The minimum atomic E-state index is -0.659. The number of nitrogens with one attached hydrogen (secondary N) is 1. The minimum Gasteiger partial charge on any atom is -0.482 e. The lowest BCUT2D eigenvalue weighted by Gasteiger charge is -2.08. The van der Waals surface area contributed by atoms with Gasteiger partial charge in [-0.3, -0.25) is 9.59 Å². The van der Waals surface area contributed by atoms with E-state index < -0.39 is 23.1 Å². The molecular formula is C21H16FNO6. The van der Waals surface area contributed by atoms with Crippen LogP contribution in [0.3, 0.4) is 0 Å². The van der Waals surface area contributed by atoms with E-state index >= 15 is 0 Å². The van der Waals surface area contributed by atoms with Gasteiger partial charge in [0.1, 0.15) is 18.7 Å². The van der Waals surface area contributed by atoms with Gasteiger partial charge in [0.2, 0.25) is 11.2 Å². The van der Waals surface area contributed by atoms with Gasteiger partial charge in [-0.15, -0.1) is 0 Å². The summed E-state index contributed by atoms with van der Waals surface area (Å²) < 4.78 is 28.6. The summed E-state index contributed by atoms with van der Waals surface area (Å²) in [5, 5.41) is 2.54. The van der Waals surface area contributed by atoms with Gasteiger partial charge < -0.3 is 19.2 Å². The lowest BCUT2D eigenvalue weighted by molar-refractivity contribution is 0.0600. The number of amides is 1. The van der Waals surface area contributed by atoms with Gasteiger partial charge in [-0.1, -0.05) is 18.2 Å². The van der Waals surface area contributed by atoms with Crippen LogP contribution in [0.4, 0.5) is 10.1 Å². The molecule has 29 heavy (non-hydrogen) atoms. The van der Waals surface area contributed by atoms with Crippen LogP contribution in [0.1, 0.15) is 26.5 Å². The maximum atomic E-state index is 13.6. The maximum absolute atomic E-state index is 13.6. The molecule has 1 amide bonds. The van der Waals surface area contributed by atoms with Crippen LogP contribution in [0.2, 0.25) is 0 Å². The number of hydrogen-bond acceptors (Lipinski definition) is 6. The summed E-state index contributed by atoms with van der Waals surface area (Å²) in [7, 11) is 1.27. The fourth-order valence-corrected chi connectivity index (χ4v) is 2.39. The third-order valence-electron chi connectivity index (χ3n) is 3.93. The van der Waals surface area contributed by atoms with Crippen molar-refractivity contribution in [3.05, 3.63) is 93.8 Å². The van der Waals surface area contributed by atoms with E-state index in [9.17, 15) is 18.8 Å². The van der Waals surface area contributed by atoms with Crippen molar-refractivity contribution in [2.45, 2.75) is 6.61 Å². The van der Waals surface area contributed by atoms with Gasteiger partial charge >= 0.3 is 5.97 Å². The topological polar surface area (TPSA) is 94.8 Å². The molecular weight excluding hydrogens is 381 g/mol. The second kappa shape index (κ2) is 8.83. The van der Waals surface area contributed by atoms with Crippen LogP contribution in [-0.4, -0.2) is 19.0 Å². The van der Waals surface area contributed by atoms with Gasteiger partial charge in [-0.25, -0.2) is 9.18 Å². The summed E-state index contributed by atoms with van der Waals surface area (Å²) >= 11 is 0. The number of methoxy groups -OCH3 is 1. The number of carbonyl (C=O) groups is 2. The molecule has 1 N–H and O–H groups in total. The molecule has 0 saturated carbocycles. The van der Waals surface area contributed by atoms with E-state index in [0.717, 1.165) is 12.3 Å². The predicted octanol–water partition coefficient (Wildman–Crippen LogP) is 3.40. The lowest BCUT2D eigenvalue weighted by atomic mass is 10.2. The van der Waals surface area contributed by atoms with Gasteiger partial charge in [-0.05, 0) is 30.3 Å². The molecule has 0 aliphatic carbocycles. The zero-order valence-corrected chi connectivity index (χ0v) is 15.3. The highest BCUT2D eigenvalue weighted by molar-refractivity contribution is 6.02. The Labute approximate surface area is 164 Å². The average molecular weight is 397 g/mol. The molecule has 0 radical (unpaired) electrons. The second-order valence-corrected chi connectivity index (χ2v) is 5.88. The summed E-state index contributed by atoms with van der Waals surface area (Å²) in [6.07, 6.45) is 0.998. The number of esters is 1.